The third-order valence-electron chi connectivity index (χ3n) is 4.08. The van der Waals surface area contributed by atoms with Gasteiger partial charge in [-0.2, -0.15) is 14.9 Å². The van der Waals surface area contributed by atoms with Crippen LogP contribution in [0.25, 0.3) is 15.5 Å². The van der Waals surface area contributed by atoms with Gasteiger partial charge in [0.1, 0.15) is 10.8 Å². The SMILES string of the molecule is CCc1nnc2sc(-c3cccc(NC(=O)c4ccc(C#N)cc4F)c3)nn12. The summed E-state index contributed by atoms with van der Waals surface area (Å²) >= 11 is 1.39. The molecule has 0 unspecified atom stereocenters. The van der Waals surface area contributed by atoms with Crippen LogP contribution in [0.4, 0.5) is 10.1 Å². The van der Waals surface area contributed by atoms with Crippen molar-refractivity contribution in [2.75, 3.05) is 5.32 Å². The molecule has 0 bridgehead atoms. The lowest BCUT2D eigenvalue weighted by molar-refractivity contribution is 0.102. The molecule has 0 fully saturated rings. The summed E-state index contributed by atoms with van der Waals surface area (Å²) in [6.45, 7) is 1.98. The monoisotopic (exact) mass is 392 g/mol. The number of nitrogens with one attached hydrogen (secondary N) is 1. The van der Waals surface area contributed by atoms with E-state index in [0.717, 1.165) is 28.9 Å². The fraction of sp³-hybridized carbons (Fsp3) is 0.105. The second-order valence-corrected chi connectivity index (χ2v) is 6.87. The maximum absolute atomic E-state index is 14.1. The number of anilines is 1. The summed E-state index contributed by atoms with van der Waals surface area (Å²) in [4.78, 5) is 13.1. The quantitative estimate of drug-likeness (QED) is 0.572. The third kappa shape index (κ3) is 3.21. The first-order valence-electron chi connectivity index (χ1n) is 8.41. The van der Waals surface area contributed by atoms with Gasteiger partial charge in [0.2, 0.25) is 4.96 Å². The van der Waals surface area contributed by atoms with Crippen LogP contribution in [0.5, 0.6) is 0 Å². The minimum absolute atomic E-state index is 0.129. The number of aromatic nitrogens is 4. The van der Waals surface area contributed by atoms with Crippen molar-refractivity contribution in [2.24, 2.45) is 0 Å². The predicted molar refractivity (Wildman–Crippen MR) is 103 cm³/mol. The molecule has 4 rings (SSSR count). The molecule has 9 heteroatoms. The smallest absolute Gasteiger partial charge is 0.258 e. The van der Waals surface area contributed by atoms with E-state index >= 15 is 0 Å². The van der Waals surface area contributed by atoms with Gasteiger partial charge in [0.05, 0.1) is 17.2 Å². The number of benzene rings is 2. The van der Waals surface area contributed by atoms with Crippen LogP contribution in [-0.4, -0.2) is 25.7 Å². The van der Waals surface area contributed by atoms with Gasteiger partial charge in [-0.1, -0.05) is 30.4 Å². The molecule has 138 valence electrons. The van der Waals surface area contributed by atoms with Crippen LogP contribution in [0.15, 0.2) is 42.5 Å². The van der Waals surface area contributed by atoms with Gasteiger partial charge in [0, 0.05) is 17.7 Å². The molecule has 0 aliphatic rings. The minimum Gasteiger partial charge on any atom is -0.322 e. The van der Waals surface area contributed by atoms with Gasteiger partial charge in [-0.05, 0) is 30.3 Å². The van der Waals surface area contributed by atoms with Crippen molar-refractivity contribution in [1.29, 1.82) is 5.26 Å². The van der Waals surface area contributed by atoms with E-state index in [9.17, 15) is 9.18 Å². The molecule has 2 heterocycles. The van der Waals surface area contributed by atoms with E-state index < -0.39 is 11.7 Å². The highest BCUT2D eigenvalue weighted by Crippen LogP contribution is 2.27. The summed E-state index contributed by atoms with van der Waals surface area (Å²) in [7, 11) is 0. The van der Waals surface area contributed by atoms with E-state index in [1.165, 1.54) is 23.5 Å². The zero-order valence-corrected chi connectivity index (χ0v) is 15.5. The number of fused-ring (bicyclic) bond motifs is 1. The largest absolute Gasteiger partial charge is 0.322 e. The van der Waals surface area contributed by atoms with Crippen LogP contribution in [-0.2, 0) is 6.42 Å². The fourth-order valence-electron chi connectivity index (χ4n) is 2.69. The molecule has 4 aromatic rings. The van der Waals surface area contributed by atoms with E-state index in [0.29, 0.717) is 10.6 Å². The van der Waals surface area contributed by atoms with Crippen molar-refractivity contribution >= 4 is 27.9 Å². The van der Waals surface area contributed by atoms with Crippen molar-refractivity contribution < 1.29 is 9.18 Å². The van der Waals surface area contributed by atoms with E-state index in [4.69, 9.17) is 5.26 Å². The van der Waals surface area contributed by atoms with Crippen molar-refractivity contribution in [1.82, 2.24) is 19.8 Å². The Balaban J connectivity index is 1.60. The molecular weight excluding hydrogens is 379 g/mol. The molecule has 0 saturated carbocycles. The highest BCUT2D eigenvalue weighted by molar-refractivity contribution is 7.19. The molecule has 2 aromatic carbocycles. The summed E-state index contributed by atoms with van der Waals surface area (Å²) < 4.78 is 15.8. The van der Waals surface area contributed by atoms with Gasteiger partial charge >= 0.3 is 0 Å². The fourth-order valence-corrected chi connectivity index (χ4v) is 3.55. The van der Waals surface area contributed by atoms with Gasteiger partial charge in [-0.25, -0.2) is 4.39 Å². The molecule has 1 N–H and O–H groups in total. The highest BCUT2D eigenvalue weighted by atomic mass is 32.1. The number of nitrogens with zero attached hydrogens (tertiary/aromatic N) is 5. The molecular formula is C19H13FN6OS. The minimum atomic E-state index is -0.742. The summed E-state index contributed by atoms with van der Waals surface area (Å²) in [5.74, 6) is -0.558. The van der Waals surface area contributed by atoms with Crippen molar-refractivity contribution in [3.8, 4) is 16.6 Å². The first-order valence-corrected chi connectivity index (χ1v) is 9.23. The summed E-state index contributed by atoms with van der Waals surface area (Å²) in [6.07, 6.45) is 0.719. The molecule has 1 amide bonds. The summed E-state index contributed by atoms with van der Waals surface area (Å²) in [5.41, 5.74) is 1.34. The maximum Gasteiger partial charge on any atom is 0.258 e. The van der Waals surface area contributed by atoms with Crippen molar-refractivity contribution in [3.05, 3.63) is 65.2 Å². The number of halogens is 1. The second kappa shape index (κ2) is 7.17. The molecule has 2 aromatic heterocycles. The van der Waals surface area contributed by atoms with E-state index in [2.05, 4.69) is 20.6 Å². The van der Waals surface area contributed by atoms with Crippen LogP contribution >= 0.6 is 11.3 Å². The Bertz CT molecular complexity index is 1240. The molecule has 28 heavy (non-hydrogen) atoms. The molecule has 0 aliphatic heterocycles. The topological polar surface area (TPSA) is 96.0 Å². The normalized spacial score (nSPS) is 10.8. The van der Waals surface area contributed by atoms with Crippen LogP contribution in [0.2, 0.25) is 0 Å². The van der Waals surface area contributed by atoms with Crippen LogP contribution in [0.1, 0.15) is 28.7 Å². The standard InChI is InChI=1S/C19H13FN6OS/c1-2-16-23-24-19-26(16)25-18(28-19)12-4-3-5-13(9-12)22-17(27)14-7-6-11(10-21)8-15(14)20/h3-9H,2H2,1H3,(H,22,27). The Morgan fingerprint density at radius 3 is 2.89 bits per heavy atom. The lowest BCUT2D eigenvalue weighted by atomic mass is 10.1. The Labute approximate surface area is 163 Å². The number of nitriles is 1. The first kappa shape index (κ1) is 17.8. The molecule has 0 saturated heterocycles. The number of carbonyl (C=O) groups excluding carboxylic acids is 1. The lowest BCUT2D eigenvalue weighted by Gasteiger charge is -2.07. The van der Waals surface area contributed by atoms with Gasteiger partial charge in [-0.3, -0.25) is 4.79 Å². The molecule has 0 spiro atoms. The van der Waals surface area contributed by atoms with Gasteiger partial charge in [-0.15, -0.1) is 10.2 Å². The van der Waals surface area contributed by atoms with Gasteiger partial charge in [0.15, 0.2) is 5.82 Å². The average molecular weight is 392 g/mol. The molecule has 0 radical (unpaired) electrons. The number of hydrogen-bond acceptors (Lipinski definition) is 6. The Hall–Kier alpha value is -3.64. The predicted octanol–water partition coefficient (Wildman–Crippen LogP) is 3.68. The van der Waals surface area contributed by atoms with E-state index in [1.807, 2.05) is 19.1 Å². The van der Waals surface area contributed by atoms with Crippen LogP contribution < -0.4 is 5.32 Å². The van der Waals surface area contributed by atoms with Crippen molar-refractivity contribution in [3.63, 3.8) is 0 Å². The lowest BCUT2D eigenvalue weighted by Crippen LogP contribution is -2.13. The number of hydrogen-bond donors (Lipinski definition) is 1. The Morgan fingerprint density at radius 2 is 2.14 bits per heavy atom. The van der Waals surface area contributed by atoms with Crippen LogP contribution in [0.3, 0.4) is 0 Å². The Morgan fingerprint density at radius 1 is 1.29 bits per heavy atom. The Kier molecular flexibility index (Phi) is 4.55. The number of rotatable bonds is 4. The third-order valence-corrected chi connectivity index (χ3v) is 5.03. The van der Waals surface area contributed by atoms with E-state index in [-0.39, 0.29) is 11.1 Å². The molecule has 0 aliphatic carbocycles. The summed E-state index contributed by atoms with van der Waals surface area (Å²) in [5, 5.41) is 24.9. The average Bonchev–Trinajstić information content (AvgIpc) is 3.28. The maximum atomic E-state index is 14.1. The van der Waals surface area contributed by atoms with E-state index in [1.54, 1.807) is 22.7 Å². The summed E-state index contributed by atoms with van der Waals surface area (Å²) in [6, 6.07) is 12.7. The zero-order chi connectivity index (χ0) is 19.7. The zero-order valence-electron chi connectivity index (χ0n) is 14.7. The number of amides is 1. The van der Waals surface area contributed by atoms with Crippen LogP contribution in [0, 0.1) is 17.1 Å². The first-order chi connectivity index (χ1) is 13.6. The molecule has 7 nitrogen and oxygen atoms in total. The van der Waals surface area contributed by atoms with Crippen molar-refractivity contribution in [2.45, 2.75) is 13.3 Å². The second-order valence-electron chi connectivity index (χ2n) is 5.91. The van der Waals surface area contributed by atoms with Gasteiger partial charge < -0.3 is 5.32 Å². The molecule has 0 atom stereocenters. The number of carbonyl (C=O) groups is 1. The highest BCUT2D eigenvalue weighted by Gasteiger charge is 2.15. The number of aryl methyl sites for hydroxylation is 1. The van der Waals surface area contributed by atoms with Gasteiger partial charge in [0.25, 0.3) is 5.91 Å².